The Labute approximate surface area is 138 Å². The lowest BCUT2D eigenvalue weighted by molar-refractivity contribution is -0.273. The zero-order valence-electron chi connectivity index (χ0n) is 13.1. The molecule has 140 valence electrons. The van der Waals surface area contributed by atoms with E-state index < -0.39 is 68.2 Å². The molecule has 1 heterocycles. The summed E-state index contributed by atoms with van der Waals surface area (Å²) in [5, 5.41) is 71.4. The van der Waals surface area contributed by atoms with E-state index in [2.05, 4.69) is 5.32 Å². The van der Waals surface area contributed by atoms with Crippen molar-refractivity contribution in [1.82, 2.24) is 5.32 Å². The van der Waals surface area contributed by atoms with E-state index in [-0.39, 0.29) is 5.57 Å². The number of methoxy groups -OCH3 is 1. The molecule has 0 spiro atoms. The van der Waals surface area contributed by atoms with Crippen molar-refractivity contribution in [2.75, 3.05) is 20.3 Å². The van der Waals surface area contributed by atoms with E-state index in [0.717, 1.165) is 0 Å². The van der Waals surface area contributed by atoms with Gasteiger partial charge >= 0.3 is 0 Å². The molecule has 0 saturated carbocycles. The molecule has 9 atom stereocenters. The van der Waals surface area contributed by atoms with Gasteiger partial charge in [-0.25, -0.2) is 0 Å². The van der Waals surface area contributed by atoms with Gasteiger partial charge in [-0.2, -0.15) is 0 Å². The van der Waals surface area contributed by atoms with Crippen molar-refractivity contribution >= 4 is 0 Å². The molecule has 1 aliphatic carbocycles. The lowest BCUT2D eigenvalue weighted by atomic mass is 9.86. The van der Waals surface area contributed by atoms with E-state index in [1.165, 1.54) is 13.2 Å². The largest absolute Gasteiger partial charge is 0.394 e. The van der Waals surface area contributed by atoms with Crippen LogP contribution in [0, 0.1) is 0 Å². The highest BCUT2D eigenvalue weighted by atomic mass is 16.7. The van der Waals surface area contributed by atoms with E-state index in [0.29, 0.717) is 0 Å². The van der Waals surface area contributed by atoms with Gasteiger partial charge < -0.3 is 50.5 Å². The molecule has 0 aromatic carbocycles. The molecule has 0 radical (unpaired) electrons. The van der Waals surface area contributed by atoms with Crippen LogP contribution in [0.4, 0.5) is 0 Å². The molecular formula is C14H25NO9. The highest BCUT2D eigenvalue weighted by Gasteiger charge is 2.47. The standard InChI is InChI=1S/C14H25NO9/c1-23-14-13(22)11(20)8(7(4-17)24-14)15-6-2-5(3-16)9(18)12(21)10(6)19/h2,6-22H,3-4H2,1H3/t6-,7-,8?,9-,10+,11+,12?,13?,14?/m1/s1. The monoisotopic (exact) mass is 351 g/mol. The Bertz CT molecular complexity index is 446. The molecule has 0 aromatic heterocycles. The zero-order chi connectivity index (χ0) is 18.0. The van der Waals surface area contributed by atoms with Gasteiger partial charge in [0.2, 0.25) is 0 Å². The third-order valence-electron chi connectivity index (χ3n) is 4.50. The Kier molecular flexibility index (Phi) is 6.67. The van der Waals surface area contributed by atoms with E-state index in [1.54, 1.807) is 0 Å². The Morgan fingerprint density at radius 3 is 2.25 bits per heavy atom. The van der Waals surface area contributed by atoms with Crippen molar-refractivity contribution in [1.29, 1.82) is 0 Å². The summed E-state index contributed by atoms with van der Waals surface area (Å²) in [6, 6.07) is -1.94. The quantitative estimate of drug-likeness (QED) is 0.225. The first-order valence-corrected chi connectivity index (χ1v) is 7.62. The molecule has 2 rings (SSSR count). The van der Waals surface area contributed by atoms with Crippen LogP contribution in [0.3, 0.4) is 0 Å². The van der Waals surface area contributed by atoms with Gasteiger partial charge in [-0.1, -0.05) is 6.08 Å². The van der Waals surface area contributed by atoms with Gasteiger partial charge in [-0.15, -0.1) is 0 Å². The fraction of sp³-hybridized carbons (Fsp3) is 0.857. The molecular weight excluding hydrogens is 326 g/mol. The minimum atomic E-state index is -1.54. The Hall–Kier alpha value is -0.660. The summed E-state index contributed by atoms with van der Waals surface area (Å²) in [4.78, 5) is 0. The van der Waals surface area contributed by atoms with E-state index in [4.69, 9.17) is 9.47 Å². The highest BCUT2D eigenvalue weighted by molar-refractivity contribution is 5.22. The minimum absolute atomic E-state index is 0.104. The molecule has 1 aliphatic heterocycles. The second-order valence-corrected chi connectivity index (χ2v) is 5.99. The topological polar surface area (TPSA) is 172 Å². The summed E-state index contributed by atoms with van der Waals surface area (Å²) in [6.07, 6.45) is -7.90. The van der Waals surface area contributed by atoms with E-state index in [9.17, 15) is 35.7 Å². The lowest BCUT2D eigenvalue weighted by Crippen LogP contribution is -2.67. The third kappa shape index (κ3) is 3.63. The van der Waals surface area contributed by atoms with Crippen molar-refractivity contribution in [2.24, 2.45) is 0 Å². The molecule has 24 heavy (non-hydrogen) atoms. The summed E-state index contributed by atoms with van der Waals surface area (Å²) in [6.45, 7) is -1.02. The average molecular weight is 351 g/mol. The molecule has 4 unspecified atom stereocenters. The number of rotatable bonds is 5. The SMILES string of the molecule is COC1O[C@H](CO)C(N[C@@H]2C=C(CO)[C@@H](O)C(O)[C@H]2O)[C@H](O)C1O. The van der Waals surface area contributed by atoms with Crippen molar-refractivity contribution in [3.05, 3.63) is 11.6 Å². The number of aliphatic hydroxyl groups excluding tert-OH is 7. The Morgan fingerprint density at radius 1 is 1.04 bits per heavy atom. The Balaban J connectivity index is 2.19. The van der Waals surface area contributed by atoms with Crippen LogP contribution in [0.1, 0.15) is 0 Å². The smallest absolute Gasteiger partial charge is 0.186 e. The molecule has 0 aromatic rings. The van der Waals surface area contributed by atoms with Crippen LogP contribution in [0.15, 0.2) is 11.6 Å². The van der Waals surface area contributed by atoms with Crippen LogP contribution in [0.25, 0.3) is 0 Å². The third-order valence-corrected chi connectivity index (χ3v) is 4.50. The number of aliphatic hydroxyl groups is 7. The van der Waals surface area contributed by atoms with Crippen molar-refractivity contribution < 1.29 is 45.2 Å². The predicted octanol–water partition coefficient (Wildman–Crippen LogP) is -4.59. The van der Waals surface area contributed by atoms with Crippen LogP contribution < -0.4 is 5.32 Å². The molecule has 2 aliphatic rings. The second kappa shape index (κ2) is 8.15. The molecule has 0 bridgehead atoms. The maximum atomic E-state index is 10.3. The molecule has 0 amide bonds. The molecule has 1 saturated heterocycles. The molecule has 10 heteroatoms. The first kappa shape index (κ1) is 19.7. The molecule has 1 fully saturated rings. The fourth-order valence-electron chi connectivity index (χ4n) is 3.05. The van der Waals surface area contributed by atoms with Crippen molar-refractivity contribution in [3.8, 4) is 0 Å². The van der Waals surface area contributed by atoms with Crippen LogP contribution in [0.5, 0.6) is 0 Å². The first-order chi connectivity index (χ1) is 11.3. The maximum absolute atomic E-state index is 10.3. The number of hydrogen-bond donors (Lipinski definition) is 8. The Morgan fingerprint density at radius 2 is 1.71 bits per heavy atom. The molecule has 8 N–H and O–H groups in total. The van der Waals surface area contributed by atoms with Crippen LogP contribution in [-0.2, 0) is 9.47 Å². The summed E-state index contributed by atoms with van der Waals surface area (Å²) in [5.74, 6) is 0. The van der Waals surface area contributed by atoms with Crippen molar-refractivity contribution in [2.45, 2.75) is 55.0 Å². The first-order valence-electron chi connectivity index (χ1n) is 7.62. The van der Waals surface area contributed by atoms with Gasteiger partial charge in [0, 0.05) is 7.11 Å². The van der Waals surface area contributed by atoms with Crippen LogP contribution in [-0.4, -0.2) is 111 Å². The van der Waals surface area contributed by atoms with Gasteiger partial charge in [0.15, 0.2) is 6.29 Å². The number of ether oxygens (including phenoxy) is 2. The summed E-state index contributed by atoms with van der Waals surface area (Å²) >= 11 is 0. The van der Waals surface area contributed by atoms with Crippen LogP contribution >= 0.6 is 0 Å². The lowest BCUT2D eigenvalue weighted by Gasteiger charge is -2.44. The fourth-order valence-corrected chi connectivity index (χ4v) is 3.05. The summed E-state index contributed by atoms with van der Waals surface area (Å²) in [7, 11) is 1.28. The van der Waals surface area contributed by atoms with Gasteiger partial charge in [-0.05, 0) is 5.57 Å². The van der Waals surface area contributed by atoms with Crippen LogP contribution in [0.2, 0.25) is 0 Å². The van der Waals surface area contributed by atoms with E-state index >= 15 is 0 Å². The van der Waals surface area contributed by atoms with Gasteiger partial charge in [0.25, 0.3) is 0 Å². The highest BCUT2D eigenvalue weighted by Crippen LogP contribution is 2.25. The van der Waals surface area contributed by atoms with Gasteiger partial charge in [0.1, 0.15) is 36.6 Å². The predicted molar refractivity (Wildman–Crippen MR) is 78.7 cm³/mol. The summed E-state index contributed by atoms with van der Waals surface area (Å²) < 4.78 is 10.2. The number of nitrogens with one attached hydrogen (secondary N) is 1. The number of hydrogen-bond acceptors (Lipinski definition) is 10. The van der Waals surface area contributed by atoms with E-state index in [1.807, 2.05) is 0 Å². The van der Waals surface area contributed by atoms with Crippen molar-refractivity contribution in [3.63, 3.8) is 0 Å². The summed E-state index contributed by atoms with van der Waals surface area (Å²) in [5.41, 5.74) is 0.104. The minimum Gasteiger partial charge on any atom is -0.394 e. The maximum Gasteiger partial charge on any atom is 0.186 e. The molecule has 10 nitrogen and oxygen atoms in total. The second-order valence-electron chi connectivity index (χ2n) is 5.99. The van der Waals surface area contributed by atoms with Gasteiger partial charge in [-0.3, -0.25) is 0 Å². The zero-order valence-corrected chi connectivity index (χ0v) is 13.1. The average Bonchev–Trinajstić information content (AvgIpc) is 2.59. The normalized spacial score (nSPS) is 46.7. The van der Waals surface area contributed by atoms with Gasteiger partial charge in [0.05, 0.1) is 25.3 Å².